The summed E-state index contributed by atoms with van der Waals surface area (Å²) < 4.78 is 6.69. The van der Waals surface area contributed by atoms with Crippen LogP contribution in [0.1, 0.15) is 18.5 Å². The molecule has 3 rings (SSSR count). The first-order valence-corrected chi connectivity index (χ1v) is 6.91. The maximum Gasteiger partial charge on any atom is 0.253 e. The lowest BCUT2D eigenvalue weighted by Gasteiger charge is -2.31. The van der Waals surface area contributed by atoms with E-state index in [-0.39, 0.29) is 5.56 Å². The number of hydrogen-bond donors (Lipinski definition) is 0. The number of piperidine rings is 1. The molecule has 106 valence electrons. The summed E-state index contributed by atoms with van der Waals surface area (Å²) in [6.07, 6.45) is 8.53. The van der Waals surface area contributed by atoms with Crippen LogP contribution in [0.3, 0.4) is 0 Å². The fraction of sp³-hybridized carbons (Fsp3) is 0.500. The number of rotatable bonds is 4. The zero-order chi connectivity index (χ0) is 13.8. The van der Waals surface area contributed by atoms with Gasteiger partial charge in [-0.15, -0.1) is 0 Å². The van der Waals surface area contributed by atoms with Crippen LogP contribution >= 0.6 is 0 Å². The van der Waals surface area contributed by atoms with E-state index < -0.39 is 0 Å². The highest BCUT2D eigenvalue weighted by Gasteiger charge is 2.20. The number of likely N-dealkylation sites (tertiary alicyclic amines) is 1. The maximum absolute atomic E-state index is 11.7. The van der Waals surface area contributed by atoms with E-state index in [2.05, 4.69) is 14.9 Å². The third kappa shape index (κ3) is 3.14. The van der Waals surface area contributed by atoms with E-state index >= 15 is 0 Å². The zero-order valence-corrected chi connectivity index (χ0v) is 11.3. The van der Waals surface area contributed by atoms with E-state index in [4.69, 9.17) is 4.42 Å². The molecule has 0 saturated carbocycles. The van der Waals surface area contributed by atoms with Gasteiger partial charge in [0.1, 0.15) is 6.26 Å². The summed E-state index contributed by atoms with van der Waals surface area (Å²) in [5, 5.41) is 0. The Morgan fingerprint density at radius 1 is 1.35 bits per heavy atom. The molecule has 0 aliphatic carbocycles. The van der Waals surface area contributed by atoms with Crippen molar-refractivity contribution in [1.82, 2.24) is 19.4 Å². The van der Waals surface area contributed by atoms with Gasteiger partial charge in [0.15, 0.2) is 6.39 Å². The first-order chi connectivity index (χ1) is 9.81. The molecule has 2 aromatic heterocycles. The molecule has 6 nitrogen and oxygen atoms in total. The highest BCUT2D eigenvalue weighted by Crippen LogP contribution is 2.19. The lowest BCUT2D eigenvalue weighted by Crippen LogP contribution is -2.35. The van der Waals surface area contributed by atoms with Crippen LogP contribution in [0.2, 0.25) is 0 Å². The lowest BCUT2D eigenvalue weighted by atomic mass is 9.96. The molecular formula is C14H18N4O2. The maximum atomic E-state index is 11.7. The summed E-state index contributed by atoms with van der Waals surface area (Å²) in [7, 11) is 0. The highest BCUT2D eigenvalue weighted by atomic mass is 16.3. The summed E-state index contributed by atoms with van der Waals surface area (Å²) in [6.45, 7) is 3.68. The fourth-order valence-corrected chi connectivity index (χ4v) is 2.67. The molecule has 0 aromatic carbocycles. The molecule has 1 saturated heterocycles. The van der Waals surface area contributed by atoms with Crippen molar-refractivity contribution in [1.29, 1.82) is 0 Å². The minimum atomic E-state index is 0.0324. The molecule has 0 atom stereocenters. The van der Waals surface area contributed by atoms with Gasteiger partial charge in [-0.1, -0.05) is 0 Å². The molecule has 0 bridgehead atoms. The molecule has 1 aliphatic rings. The van der Waals surface area contributed by atoms with Crippen molar-refractivity contribution < 1.29 is 4.42 Å². The molecule has 0 N–H and O–H groups in total. The Bertz CT molecular complexity index is 585. The van der Waals surface area contributed by atoms with E-state index in [1.807, 2.05) is 0 Å². The van der Waals surface area contributed by atoms with Crippen molar-refractivity contribution in [2.75, 3.05) is 13.1 Å². The Morgan fingerprint density at radius 2 is 2.20 bits per heavy atom. The molecule has 20 heavy (non-hydrogen) atoms. The van der Waals surface area contributed by atoms with Crippen molar-refractivity contribution in [3.8, 4) is 0 Å². The van der Waals surface area contributed by atoms with Gasteiger partial charge < -0.3 is 4.42 Å². The third-order valence-electron chi connectivity index (χ3n) is 3.82. The topological polar surface area (TPSA) is 64.2 Å². The van der Waals surface area contributed by atoms with Crippen molar-refractivity contribution >= 4 is 0 Å². The summed E-state index contributed by atoms with van der Waals surface area (Å²) in [6, 6.07) is 1.51. The minimum Gasteiger partial charge on any atom is -0.451 e. The summed E-state index contributed by atoms with van der Waals surface area (Å²) >= 11 is 0. The predicted octanol–water partition coefficient (Wildman–Crippen LogP) is 1.14. The van der Waals surface area contributed by atoms with E-state index in [1.54, 1.807) is 23.4 Å². The van der Waals surface area contributed by atoms with Crippen LogP contribution in [-0.4, -0.2) is 32.5 Å². The van der Waals surface area contributed by atoms with E-state index in [1.165, 1.54) is 12.5 Å². The van der Waals surface area contributed by atoms with Gasteiger partial charge in [-0.3, -0.25) is 14.3 Å². The molecule has 0 unspecified atom stereocenters. The standard InChI is InChI=1S/C14H18N4O2/c19-14-1-4-15-10-18(14)7-12-2-5-17(6-3-12)8-13-9-20-11-16-13/h1,4,9-12H,2-3,5-8H2. The van der Waals surface area contributed by atoms with Gasteiger partial charge in [0.2, 0.25) is 0 Å². The monoisotopic (exact) mass is 274 g/mol. The van der Waals surface area contributed by atoms with Crippen LogP contribution < -0.4 is 5.56 Å². The molecule has 0 radical (unpaired) electrons. The average Bonchev–Trinajstić information content (AvgIpc) is 2.96. The SMILES string of the molecule is O=c1ccncn1CC1CCN(Cc2cocn2)CC1. The Kier molecular flexibility index (Phi) is 3.92. The summed E-state index contributed by atoms with van der Waals surface area (Å²) in [4.78, 5) is 22.2. The van der Waals surface area contributed by atoms with Crippen molar-refractivity contribution in [3.05, 3.63) is 47.3 Å². The second-order valence-electron chi connectivity index (χ2n) is 5.27. The van der Waals surface area contributed by atoms with E-state index in [9.17, 15) is 4.79 Å². The van der Waals surface area contributed by atoms with Crippen LogP contribution in [0.5, 0.6) is 0 Å². The van der Waals surface area contributed by atoms with Crippen molar-refractivity contribution in [2.24, 2.45) is 5.92 Å². The smallest absolute Gasteiger partial charge is 0.253 e. The van der Waals surface area contributed by atoms with Crippen LogP contribution in [0.15, 0.2) is 40.5 Å². The quantitative estimate of drug-likeness (QED) is 0.836. The number of hydrogen-bond acceptors (Lipinski definition) is 5. The van der Waals surface area contributed by atoms with Crippen LogP contribution in [0.4, 0.5) is 0 Å². The number of oxazole rings is 1. The lowest BCUT2D eigenvalue weighted by molar-refractivity contribution is 0.164. The van der Waals surface area contributed by atoms with Gasteiger partial charge >= 0.3 is 0 Å². The highest BCUT2D eigenvalue weighted by molar-refractivity contribution is 4.91. The Labute approximate surface area is 117 Å². The summed E-state index contributed by atoms with van der Waals surface area (Å²) in [5.74, 6) is 0.547. The third-order valence-corrected chi connectivity index (χ3v) is 3.82. The second kappa shape index (κ2) is 6.00. The number of nitrogens with zero attached hydrogens (tertiary/aromatic N) is 4. The van der Waals surface area contributed by atoms with Crippen LogP contribution in [0, 0.1) is 5.92 Å². The van der Waals surface area contributed by atoms with Gasteiger partial charge in [-0.25, -0.2) is 9.97 Å². The Balaban J connectivity index is 1.51. The van der Waals surface area contributed by atoms with Crippen LogP contribution in [0.25, 0.3) is 0 Å². The molecule has 3 heterocycles. The Hall–Kier alpha value is -1.95. The molecule has 1 fully saturated rings. The van der Waals surface area contributed by atoms with E-state index in [0.29, 0.717) is 5.92 Å². The minimum absolute atomic E-state index is 0.0324. The largest absolute Gasteiger partial charge is 0.451 e. The molecule has 0 amide bonds. The van der Waals surface area contributed by atoms with Gasteiger partial charge in [0.05, 0.1) is 12.0 Å². The van der Waals surface area contributed by atoms with Crippen LogP contribution in [-0.2, 0) is 13.1 Å². The van der Waals surface area contributed by atoms with Crippen molar-refractivity contribution in [3.63, 3.8) is 0 Å². The molecule has 6 heteroatoms. The molecular weight excluding hydrogens is 256 g/mol. The van der Waals surface area contributed by atoms with Gasteiger partial charge in [-0.2, -0.15) is 0 Å². The zero-order valence-electron chi connectivity index (χ0n) is 11.3. The second-order valence-corrected chi connectivity index (χ2v) is 5.27. The van der Waals surface area contributed by atoms with Crippen molar-refractivity contribution in [2.45, 2.75) is 25.9 Å². The summed E-state index contributed by atoms with van der Waals surface area (Å²) in [5.41, 5.74) is 1.01. The predicted molar refractivity (Wildman–Crippen MR) is 73.0 cm³/mol. The molecule has 2 aromatic rings. The number of aromatic nitrogens is 3. The Morgan fingerprint density at radius 3 is 2.90 bits per heavy atom. The normalized spacial score (nSPS) is 17.4. The molecule has 0 spiro atoms. The molecule has 1 aliphatic heterocycles. The van der Waals surface area contributed by atoms with E-state index in [0.717, 1.165) is 44.7 Å². The van der Waals surface area contributed by atoms with Gasteiger partial charge in [0.25, 0.3) is 5.56 Å². The first-order valence-electron chi connectivity index (χ1n) is 6.91. The van der Waals surface area contributed by atoms with Gasteiger partial charge in [0, 0.05) is 25.4 Å². The average molecular weight is 274 g/mol. The van der Waals surface area contributed by atoms with Gasteiger partial charge in [-0.05, 0) is 31.8 Å². The first kappa shape index (κ1) is 13.1. The fourth-order valence-electron chi connectivity index (χ4n) is 2.67.